The molecule has 1 atom stereocenters. The first-order valence-corrected chi connectivity index (χ1v) is 10.3. The monoisotopic (exact) mass is 375 g/mol. The number of furan rings is 1. The molecule has 0 fully saturated rings. The Kier molecular flexibility index (Phi) is 2.81. The first kappa shape index (κ1) is 15.4. The zero-order valence-corrected chi connectivity index (χ0v) is 16.1. The summed E-state index contributed by atoms with van der Waals surface area (Å²) < 4.78 is 6.49. The van der Waals surface area contributed by atoms with Gasteiger partial charge in [-0.05, 0) is 22.8 Å². The SMILES string of the molecule is CC1C=Cc2c(oc3c4ccccc4c4c(ccc5c6ccccc6[nH]c54)c23)C1.[HH]. The Morgan fingerprint density at radius 1 is 0.828 bits per heavy atom. The fourth-order valence-electron chi connectivity index (χ4n) is 5.20. The van der Waals surface area contributed by atoms with Crippen LogP contribution in [0.5, 0.6) is 0 Å². The number of para-hydroxylation sites is 1. The van der Waals surface area contributed by atoms with E-state index in [1.807, 2.05) is 0 Å². The van der Waals surface area contributed by atoms with E-state index in [4.69, 9.17) is 4.42 Å². The largest absolute Gasteiger partial charge is 0.460 e. The minimum Gasteiger partial charge on any atom is -0.460 e. The van der Waals surface area contributed by atoms with Gasteiger partial charge in [-0.3, -0.25) is 0 Å². The highest BCUT2D eigenvalue weighted by molar-refractivity contribution is 6.33. The molecule has 0 radical (unpaired) electrons. The summed E-state index contributed by atoms with van der Waals surface area (Å²) in [7, 11) is 0. The second kappa shape index (κ2) is 5.30. The third-order valence-corrected chi connectivity index (χ3v) is 6.51. The Morgan fingerprint density at radius 3 is 2.48 bits per heavy atom. The van der Waals surface area contributed by atoms with E-state index in [1.165, 1.54) is 54.3 Å². The van der Waals surface area contributed by atoms with Gasteiger partial charge in [-0.15, -0.1) is 0 Å². The molecule has 1 N–H and O–H groups in total. The molecule has 6 aromatic rings. The average molecular weight is 375 g/mol. The third kappa shape index (κ3) is 1.91. The van der Waals surface area contributed by atoms with Gasteiger partial charge < -0.3 is 9.40 Å². The van der Waals surface area contributed by atoms with E-state index >= 15 is 0 Å². The lowest BCUT2D eigenvalue weighted by molar-refractivity contribution is 0.515. The number of rotatable bonds is 0. The lowest BCUT2D eigenvalue weighted by Gasteiger charge is -2.11. The summed E-state index contributed by atoms with van der Waals surface area (Å²) in [6.07, 6.45) is 5.53. The van der Waals surface area contributed by atoms with Crippen molar-refractivity contribution in [2.45, 2.75) is 13.3 Å². The van der Waals surface area contributed by atoms with Crippen molar-refractivity contribution in [1.29, 1.82) is 0 Å². The number of hydrogen-bond acceptors (Lipinski definition) is 1. The Bertz CT molecular complexity index is 1650. The fraction of sp³-hybridized carbons (Fsp3) is 0.111. The second-order valence-electron chi connectivity index (χ2n) is 8.31. The predicted octanol–water partition coefficient (Wildman–Crippen LogP) is 7.83. The van der Waals surface area contributed by atoms with Crippen LogP contribution in [0.3, 0.4) is 0 Å². The van der Waals surface area contributed by atoms with Crippen LogP contribution in [-0.4, -0.2) is 4.98 Å². The van der Waals surface area contributed by atoms with Crippen molar-refractivity contribution in [3.8, 4) is 0 Å². The normalized spacial score (nSPS) is 16.5. The van der Waals surface area contributed by atoms with Gasteiger partial charge in [-0.1, -0.05) is 73.7 Å². The van der Waals surface area contributed by atoms with Crippen molar-refractivity contribution in [2.75, 3.05) is 0 Å². The van der Waals surface area contributed by atoms with Gasteiger partial charge in [0.25, 0.3) is 0 Å². The van der Waals surface area contributed by atoms with Crippen molar-refractivity contribution in [1.82, 2.24) is 4.98 Å². The van der Waals surface area contributed by atoms with Crippen LogP contribution in [0.25, 0.3) is 60.4 Å². The number of hydrogen-bond donors (Lipinski definition) is 1. The first-order valence-electron chi connectivity index (χ1n) is 10.3. The lowest BCUT2D eigenvalue weighted by atomic mass is 9.91. The van der Waals surface area contributed by atoms with Crippen LogP contribution < -0.4 is 0 Å². The molecule has 1 unspecified atom stereocenters. The standard InChI is InChI=1S/C27H19NO.H2/c1-15-10-11-20-23(14-15)29-27-19-8-3-2-7-17(19)24-21(25(20)27)13-12-18-16-6-4-5-9-22(16)28-26(18)24;/h2-13,15,28H,14H2,1H3;1H. The molecular weight excluding hydrogens is 354 g/mol. The molecule has 2 heterocycles. The summed E-state index contributed by atoms with van der Waals surface area (Å²) in [5.74, 6) is 1.63. The molecule has 7 rings (SSSR count). The topological polar surface area (TPSA) is 28.9 Å². The molecule has 1 aliphatic rings. The number of allylic oxidation sites excluding steroid dienone is 1. The summed E-state index contributed by atoms with van der Waals surface area (Å²) in [4.78, 5) is 3.71. The van der Waals surface area contributed by atoms with Crippen molar-refractivity contribution in [3.05, 3.63) is 78.1 Å². The maximum absolute atomic E-state index is 6.49. The lowest BCUT2D eigenvalue weighted by Crippen LogP contribution is -2.00. The van der Waals surface area contributed by atoms with Gasteiger partial charge in [0.15, 0.2) is 0 Å². The molecule has 0 saturated heterocycles. The smallest absolute Gasteiger partial charge is 0.143 e. The van der Waals surface area contributed by atoms with Crippen LogP contribution in [0.15, 0.2) is 71.2 Å². The van der Waals surface area contributed by atoms with Crippen LogP contribution in [-0.2, 0) is 6.42 Å². The number of fused-ring (bicyclic) bond motifs is 12. The molecule has 0 bridgehead atoms. The van der Waals surface area contributed by atoms with Crippen molar-refractivity contribution in [2.24, 2.45) is 5.92 Å². The van der Waals surface area contributed by atoms with E-state index in [-0.39, 0.29) is 1.43 Å². The summed E-state index contributed by atoms with van der Waals surface area (Å²) in [5, 5.41) is 8.79. The molecule has 140 valence electrons. The zero-order valence-electron chi connectivity index (χ0n) is 16.1. The van der Waals surface area contributed by atoms with Gasteiger partial charge in [0, 0.05) is 45.9 Å². The van der Waals surface area contributed by atoms with E-state index < -0.39 is 0 Å². The Labute approximate surface area is 168 Å². The Balaban J connectivity index is 0.00000175. The van der Waals surface area contributed by atoms with Crippen molar-refractivity contribution < 1.29 is 5.84 Å². The highest BCUT2D eigenvalue weighted by atomic mass is 16.3. The van der Waals surface area contributed by atoms with Gasteiger partial charge in [0.2, 0.25) is 0 Å². The molecule has 2 heteroatoms. The molecule has 0 aliphatic heterocycles. The van der Waals surface area contributed by atoms with E-state index in [2.05, 4.69) is 84.7 Å². The molecule has 2 nitrogen and oxygen atoms in total. The van der Waals surface area contributed by atoms with Crippen LogP contribution in [0.2, 0.25) is 0 Å². The van der Waals surface area contributed by atoms with E-state index in [1.54, 1.807) is 0 Å². The van der Waals surface area contributed by atoms with Crippen molar-refractivity contribution in [3.63, 3.8) is 0 Å². The Hall–Kier alpha value is -3.52. The minimum atomic E-state index is 0. The van der Waals surface area contributed by atoms with E-state index in [0.29, 0.717) is 5.92 Å². The molecule has 1 aliphatic carbocycles. The first-order chi connectivity index (χ1) is 14.3. The van der Waals surface area contributed by atoms with Gasteiger partial charge in [-0.2, -0.15) is 0 Å². The predicted molar refractivity (Wildman–Crippen MR) is 125 cm³/mol. The maximum atomic E-state index is 6.49. The maximum Gasteiger partial charge on any atom is 0.143 e. The number of aromatic amines is 1. The third-order valence-electron chi connectivity index (χ3n) is 6.51. The molecule has 0 saturated carbocycles. The second-order valence-corrected chi connectivity index (χ2v) is 8.31. The van der Waals surface area contributed by atoms with E-state index in [9.17, 15) is 0 Å². The molecule has 29 heavy (non-hydrogen) atoms. The summed E-state index contributed by atoms with van der Waals surface area (Å²) >= 11 is 0. The van der Waals surface area contributed by atoms with Gasteiger partial charge >= 0.3 is 0 Å². The van der Waals surface area contributed by atoms with E-state index in [0.717, 1.165) is 17.8 Å². The molecule has 2 aromatic heterocycles. The van der Waals surface area contributed by atoms with Crippen LogP contribution in [0, 0.1) is 5.92 Å². The fourth-order valence-corrected chi connectivity index (χ4v) is 5.20. The molecule has 0 amide bonds. The van der Waals surface area contributed by atoms with Crippen LogP contribution in [0.4, 0.5) is 0 Å². The number of nitrogens with one attached hydrogen (secondary N) is 1. The number of benzene rings is 4. The average Bonchev–Trinajstić information content (AvgIpc) is 3.31. The summed E-state index contributed by atoms with van der Waals surface area (Å²) in [6.45, 7) is 2.25. The van der Waals surface area contributed by atoms with Crippen molar-refractivity contribution >= 4 is 60.4 Å². The van der Waals surface area contributed by atoms with Gasteiger partial charge in [0.05, 0.1) is 5.52 Å². The summed E-state index contributed by atoms with van der Waals surface area (Å²) in [5.41, 5.74) is 4.67. The molecular formula is C27H21NO. The number of H-pyrrole nitrogens is 1. The summed E-state index contributed by atoms with van der Waals surface area (Å²) in [6, 6.07) is 21.8. The Morgan fingerprint density at radius 2 is 1.59 bits per heavy atom. The highest BCUT2D eigenvalue weighted by Gasteiger charge is 2.23. The van der Waals surface area contributed by atoms with Crippen LogP contribution in [0.1, 0.15) is 19.7 Å². The number of aromatic nitrogens is 1. The molecule has 0 spiro atoms. The minimum absolute atomic E-state index is 0. The zero-order chi connectivity index (χ0) is 19.1. The van der Waals surface area contributed by atoms with Gasteiger partial charge in [-0.25, -0.2) is 0 Å². The van der Waals surface area contributed by atoms with Crippen LogP contribution >= 0.6 is 0 Å². The quantitative estimate of drug-likeness (QED) is 0.269. The van der Waals surface area contributed by atoms with Gasteiger partial charge in [0.1, 0.15) is 11.3 Å². The molecule has 4 aromatic carbocycles. The highest BCUT2D eigenvalue weighted by Crippen LogP contribution is 2.44.